The van der Waals surface area contributed by atoms with Gasteiger partial charge in [-0.1, -0.05) is 6.07 Å². The molecule has 0 aliphatic heterocycles. The third-order valence-electron chi connectivity index (χ3n) is 4.02. The summed E-state index contributed by atoms with van der Waals surface area (Å²) >= 11 is 0. The summed E-state index contributed by atoms with van der Waals surface area (Å²) in [5.74, 6) is -0.692. The van der Waals surface area contributed by atoms with Gasteiger partial charge in [0.25, 0.3) is 5.56 Å². The predicted molar refractivity (Wildman–Crippen MR) is 88.6 cm³/mol. The average Bonchev–Trinajstić information content (AvgIpc) is 3.05. The molecule has 3 rings (SSSR count). The number of amides is 1. The van der Waals surface area contributed by atoms with E-state index in [1.54, 1.807) is 18.2 Å². The maximum absolute atomic E-state index is 14.1. The van der Waals surface area contributed by atoms with E-state index in [0.717, 1.165) is 25.7 Å². The molecule has 0 radical (unpaired) electrons. The van der Waals surface area contributed by atoms with Crippen LogP contribution in [0.25, 0.3) is 0 Å². The van der Waals surface area contributed by atoms with Crippen molar-refractivity contribution in [1.82, 2.24) is 4.57 Å². The molecule has 6 heteroatoms. The highest BCUT2D eigenvalue weighted by molar-refractivity contribution is 5.90. The fraction of sp³-hybridized carbons (Fsp3) is 0.333. The molecule has 1 fully saturated rings. The number of hydrogen-bond acceptors (Lipinski definition) is 3. The molecule has 1 aliphatic rings. The van der Waals surface area contributed by atoms with Crippen LogP contribution in [0, 0.1) is 5.82 Å². The van der Waals surface area contributed by atoms with Crippen LogP contribution in [0.15, 0.2) is 47.4 Å². The summed E-state index contributed by atoms with van der Waals surface area (Å²) in [5.41, 5.74) is 0.0689. The van der Waals surface area contributed by atoms with Crippen molar-refractivity contribution in [1.29, 1.82) is 0 Å². The van der Waals surface area contributed by atoms with E-state index >= 15 is 0 Å². The number of benzene rings is 1. The number of carbonyl (C=O) groups excluding carboxylic acids is 1. The summed E-state index contributed by atoms with van der Waals surface area (Å²) in [6, 6.07) is 9.01. The number of pyridine rings is 1. The zero-order chi connectivity index (χ0) is 16.9. The summed E-state index contributed by atoms with van der Waals surface area (Å²) < 4.78 is 21.0. The Morgan fingerprint density at radius 2 is 2.04 bits per heavy atom. The van der Waals surface area contributed by atoms with Crippen LogP contribution in [0.3, 0.4) is 0 Å². The Morgan fingerprint density at radius 1 is 1.25 bits per heavy atom. The quantitative estimate of drug-likeness (QED) is 0.917. The van der Waals surface area contributed by atoms with Gasteiger partial charge in [0.05, 0.1) is 6.10 Å². The van der Waals surface area contributed by atoms with Crippen molar-refractivity contribution < 1.29 is 13.9 Å². The lowest BCUT2D eigenvalue weighted by Crippen LogP contribution is -2.26. The summed E-state index contributed by atoms with van der Waals surface area (Å²) in [6.45, 7) is -0.123. The van der Waals surface area contributed by atoms with Crippen LogP contribution in [-0.2, 0) is 11.3 Å². The van der Waals surface area contributed by atoms with Crippen molar-refractivity contribution in [2.24, 2.45) is 0 Å². The van der Waals surface area contributed by atoms with Crippen molar-refractivity contribution in [3.63, 3.8) is 0 Å². The van der Waals surface area contributed by atoms with Crippen molar-refractivity contribution in [3.8, 4) is 5.75 Å². The Bertz CT molecular complexity index is 782. The lowest BCUT2D eigenvalue weighted by atomic mass is 10.2. The molecular weight excluding hydrogens is 311 g/mol. The summed E-state index contributed by atoms with van der Waals surface area (Å²) in [6.07, 6.45) is 5.72. The number of anilines is 1. The Kier molecular flexibility index (Phi) is 4.93. The molecule has 5 nitrogen and oxygen atoms in total. The van der Waals surface area contributed by atoms with Gasteiger partial charge in [-0.05, 0) is 43.9 Å². The second-order valence-electron chi connectivity index (χ2n) is 5.88. The monoisotopic (exact) mass is 330 g/mol. The van der Waals surface area contributed by atoms with Gasteiger partial charge in [0.2, 0.25) is 5.91 Å². The highest BCUT2D eigenvalue weighted by Gasteiger charge is 2.18. The van der Waals surface area contributed by atoms with Crippen LogP contribution in [0.5, 0.6) is 5.75 Å². The zero-order valence-electron chi connectivity index (χ0n) is 13.2. The Balaban J connectivity index is 1.62. The summed E-state index contributed by atoms with van der Waals surface area (Å²) in [4.78, 5) is 23.6. The molecular formula is C18H19FN2O3. The minimum atomic E-state index is -0.503. The van der Waals surface area contributed by atoms with Crippen LogP contribution >= 0.6 is 0 Å². The molecule has 0 saturated heterocycles. The average molecular weight is 330 g/mol. The van der Waals surface area contributed by atoms with E-state index in [1.165, 1.54) is 29.0 Å². The van der Waals surface area contributed by atoms with Crippen molar-refractivity contribution in [2.75, 3.05) is 5.32 Å². The first-order chi connectivity index (χ1) is 11.6. The van der Waals surface area contributed by atoms with Gasteiger partial charge in [0.15, 0.2) is 11.6 Å². The topological polar surface area (TPSA) is 60.3 Å². The molecule has 1 saturated carbocycles. The normalized spacial score (nSPS) is 14.5. The second kappa shape index (κ2) is 7.29. The number of ether oxygens (including phenoxy) is 1. The van der Waals surface area contributed by atoms with Crippen molar-refractivity contribution in [2.45, 2.75) is 38.3 Å². The summed E-state index contributed by atoms with van der Waals surface area (Å²) in [7, 11) is 0. The van der Waals surface area contributed by atoms with Crippen LogP contribution in [0.2, 0.25) is 0 Å². The van der Waals surface area contributed by atoms with E-state index in [9.17, 15) is 14.0 Å². The lowest BCUT2D eigenvalue weighted by Gasteiger charge is -2.14. The maximum atomic E-state index is 14.1. The van der Waals surface area contributed by atoms with Crippen molar-refractivity contribution >= 4 is 11.6 Å². The lowest BCUT2D eigenvalue weighted by molar-refractivity contribution is -0.116. The van der Waals surface area contributed by atoms with Gasteiger partial charge in [0, 0.05) is 24.0 Å². The maximum Gasteiger partial charge on any atom is 0.250 e. The first-order valence-corrected chi connectivity index (χ1v) is 8.03. The van der Waals surface area contributed by atoms with E-state index in [4.69, 9.17) is 4.74 Å². The van der Waals surface area contributed by atoms with Gasteiger partial charge in [-0.15, -0.1) is 0 Å². The molecule has 1 aromatic carbocycles. The Hall–Kier alpha value is -2.63. The third kappa shape index (κ3) is 4.01. The number of hydrogen-bond donors (Lipinski definition) is 1. The van der Waals surface area contributed by atoms with E-state index in [-0.39, 0.29) is 24.0 Å². The van der Waals surface area contributed by atoms with Gasteiger partial charge < -0.3 is 14.6 Å². The zero-order valence-corrected chi connectivity index (χ0v) is 13.2. The third-order valence-corrected chi connectivity index (χ3v) is 4.02. The number of aromatic nitrogens is 1. The molecule has 0 bridgehead atoms. The number of rotatable bonds is 5. The molecule has 0 unspecified atom stereocenters. The molecule has 126 valence electrons. The minimum absolute atomic E-state index is 0.0740. The molecule has 1 amide bonds. The Morgan fingerprint density at radius 3 is 2.75 bits per heavy atom. The molecule has 24 heavy (non-hydrogen) atoms. The highest BCUT2D eigenvalue weighted by atomic mass is 19.1. The van der Waals surface area contributed by atoms with Gasteiger partial charge >= 0.3 is 0 Å². The van der Waals surface area contributed by atoms with E-state index in [1.807, 2.05) is 0 Å². The molecule has 1 aliphatic carbocycles. The fourth-order valence-electron chi connectivity index (χ4n) is 2.81. The fourth-order valence-corrected chi connectivity index (χ4v) is 2.81. The molecule has 1 heterocycles. The first-order valence-electron chi connectivity index (χ1n) is 8.03. The molecule has 1 aromatic heterocycles. The number of nitrogens with one attached hydrogen (secondary N) is 1. The predicted octanol–water partition coefficient (Wildman–Crippen LogP) is 2.95. The van der Waals surface area contributed by atoms with E-state index in [2.05, 4.69) is 5.32 Å². The number of nitrogens with zero attached hydrogens (tertiary/aromatic N) is 1. The van der Waals surface area contributed by atoms with Gasteiger partial charge in [-0.3, -0.25) is 9.59 Å². The van der Waals surface area contributed by atoms with Crippen LogP contribution in [0.1, 0.15) is 25.7 Å². The smallest absolute Gasteiger partial charge is 0.250 e. The molecule has 0 atom stereocenters. The minimum Gasteiger partial charge on any atom is -0.487 e. The standard InChI is InChI=1S/C18H19FN2O3/c19-15-11-13(8-9-16(15)24-14-5-1-2-6-14)20-17(22)12-21-10-4-3-7-18(21)23/h3-4,7-11,14H,1-2,5-6,12H2,(H,20,22). The second-order valence-corrected chi connectivity index (χ2v) is 5.88. The molecule has 1 N–H and O–H groups in total. The molecule has 2 aromatic rings. The van der Waals surface area contributed by atoms with E-state index < -0.39 is 11.7 Å². The van der Waals surface area contributed by atoms with Gasteiger partial charge in [-0.2, -0.15) is 0 Å². The van der Waals surface area contributed by atoms with Gasteiger partial charge in [0.1, 0.15) is 6.54 Å². The number of carbonyl (C=O) groups is 1. The van der Waals surface area contributed by atoms with Crippen LogP contribution in [-0.4, -0.2) is 16.6 Å². The van der Waals surface area contributed by atoms with Gasteiger partial charge in [-0.25, -0.2) is 4.39 Å². The largest absolute Gasteiger partial charge is 0.487 e. The van der Waals surface area contributed by atoms with E-state index in [0.29, 0.717) is 5.69 Å². The van der Waals surface area contributed by atoms with Crippen molar-refractivity contribution in [3.05, 3.63) is 58.8 Å². The summed E-state index contributed by atoms with van der Waals surface area (Å²) in [5, 5.41) is 2.59. The van der Waals surface area contributed by atoms with Crippen LogP contribution < -0.4 is 15.6 Å². The van der Waals surface area contributed by atoms with Crippen LogP contribution in [0.4, 0.5) is 10.1 Å². The highest BCUT2D eigenvalue weighted by Crippen LogP contribution is 2.27. The Labute approximate surface area is 139 Å². The molecule has 0 spiro atoms. The first kappa shape index (κ1) is 16.2. The SMILES string of the molecule is O=C(Cn1ccccc1=O)Nc1ccc(OC2CCCC2)c(F)c1. The number of halogens is 1.